The highest BCUT2D eigenvalue weighted by molar-refractivity contribution is 6.23. The molecule has 1 aromatic heterocycles. The normalized spacial score (nSPS) is 11.6. The maximum Gasteiger partial charge on any atom is 0.160 e. The number of aromatic nitrogens is 2. The second-order valence-electron chi connectivity index (χ2n) is 14.5. The Bertz CT molecular complexity index is 3290. The van der Waals surface area contributed by atoms with Crippen LogP contribution in [0.1, 0.15) is 0 Å². The van der Waals surface area contributed by atoms with Crippen molar-refractivity contribution in [1.29, 1.82) is 0 Å². The van der Waals surface area contributed by atoms with Gasteiger partial charge in [0, 0.05) is 16.7 Å². The lowest BCUT2D eigenvalue weighted by Gasteiger charge is -2.18. The Kier molecular flexibility index (Phi) is 7.53. The zero-order chi connectivity index (χ0) is 37.0. The molecule has 56 heavy (non-hydrogen) atoms. The van der Waals surface area contributed by atoms with E-state index >= 15 is 0 Å². The van der Waals surface area contributed by atoms with Gasteiger partial charge in [-0.1, -0.05) is 194 Å². The van der Waals surface area contributed by atoms with Crippen molar-refractivity contribution in [3.8, 4) is 56.2 Å². The second-order valence-corrected chi connectivity index (χ2v) is 14.5. The first-order valence-corrected chi connectivity index (χ1v) is 19.2. The number of benzene rings is 10. The van der Waals surface area contributed by atoms with Crippen molar-refractivity contribution in [2.75, 3.05) is 0 Å². The molecular weight excluding hydrogens is 677 g/mol. The van der Waals surface area contributed by atoms with Crippen molar-refractivity contribution < 1.29 is 0 Å². The number of hydrogen-bond donors (Lipinski definition) is 0. The molecule has 0 atom stereocenters. The van der Waals surface area contributed by atoms with E-state index in [9.17, 15) is 0 Å². The smallest absolute Gasteiger partial charge is 0.160 e. The summed E-state index contributed by atoms with van der Waals surface area (Å²) in [6, 6.07) is 74.0. The molecule has 0 N–H and O–H groups in total. The quantitative estimate of drug-likeness (QED) is 0.131. The Balaban J connectivity index is 1.16. The summed E-state index contributed by atoms with van der Waals surface area (Å²) in [6.07, 6.45) is 0. The van der Waals surface area contributed by atoms with Crippen molar-refractivity contribution in [2.24, 2.45) is 0 Å². The van der Waals surface area contributed by atoms with Crippen LogP contribution in [0.25, 0.3) is 110 Å². The molecule has 0 bridgehead atoms. The Morgan fingerprint density at radius 1 is 0.250 bits per heavy atom. The van der Waals surface area contributed by atoms with E-state index in [0.717, 1.165) is 38.9 Å². The van der Waals surface area contributed by atoms with Gasteiger partial charge in [0.25, 0.3) is 0 Å². The molecule has 0 aliphatic carbocycles. The molecule has 0 amide bonds. The van der Waals surface area contributed by atoms with Crippen molar-refractivity contribution >= 4 is 53.9 Å². The highest BCUT2D eigenvalue weighted by Gasteiger charge is 2.19. The minimum atomic E-state index is 0.703. The molecule has 0 saturated carbocycles. The maximum atomic E-state index is 5.32. The van der Waals surface area contributed by atoms with Crippen molar-refractivity contribution in [1.82, 2.24) is 9.97 Å². The SMILES string of the molecule is c1ccc(-c2nc(-c3ccc(-c4ccccc4)c4ccccc34)cc(-c3ccc(-c4c5ccccc5cc5c4ccc4ccccc45)c4ccccc34)n2)cc1. The standard InChI is InChI=1S/C54H34N2/c1-3-15-35(16-4-1)40-29-30-46(43-24-12-11-23-42(40)43)51-34-52(56-54(55-51)37-18-5-2-6-19-37)47-31-32-48(45-26-14-13-25-44(45)47)53-41-22-10-8-20-38(41)33-50-39-21-9-7-17-36(39)27-28-49(50)53/h1-34H. The van der Waals surface area contributed by atoms with Gasteiger partial charge in [0.1, 0.15) is 0 Å². The van der Waals surface area contributed by atoms with Crippen LogP contribution in [0, 0.1) is 0 Å². The summed E-state index contributed by atoms with van der Waals surface area (Å²) in [4.78, 5) is 10.6. The summed E-state index contributed by atoms with van der Waals surface area (Å²) in [5, 5.41) is 12.2. The Morgan fingerprint density at radius 2 is 0.714 bits per heavy atom. The fourth-order valence-electron chi connectivity index (χ4n) is 8.68. The summed E-state index contributed by atoms with van der Waals surface area (Å²) in [7, 11) is 0. The number of fused-ring (bicyclic) bond motifs is 6. The zero-order valence-corrected chi connectivity index (χ0v) is 30.5. The predicted molar refractivity (Wildman–Crippen MR) is 237 cm³/mol. The van der Waals surface area contributed by atoms with E-state index in [-0.39, 0.29) is 0 Å². The molecule has 2 heteroatoms. The van der Waals surface area contributed by atoms with Gasteiger partial charge in [0.15, 0.2) is 5.82 Å². The van der Waals surface area contributed by atoms with Crippen molar-refractivity contribution in [2.45, 2.75) is 0 Å². The summed E-state index contributed by atoms with van der Waals surface area (Å²) < 4.78 is 0. The molecule has 0 radical (unpaired) electrons. The van der Waals surface area contributed by atoms with E-state index in [2.05, 4.69) is 200 Å². The summed E-state index contributed by atoms with van der Waals surface area (Å²) >= 11 is 0. The molecule has 0 unspecified atom stereocenters. The molecule has 10 aromatic carbocycles. The van der Waals surface area contributed by atoms with Crippen LogP contribution in [0.5, 0.6) is 0 Å². The third-order valence-electron chi connectivity index (χ3n) is 11.3. The van der Waals surface area contributed by atoms with E-state index in [4.69, 9.17) is 9.97 Å². The Hall–Kier alpha value is -7.42. The van der Waals surface area contributed by atoms with Gasteiger partial charge in [0.05, 0.1) is 11.4 Å². The van der Waals surface area contributed by atoms with Gasteiger partial charge in [-0.2, -0.15) is 0 Å². The van der Waals surface area contributed by atoms with E-state index in [0.29, 0.717) is 5.82 Å². The fraction of sp³-hybridized carbons (Fsp3) is 0. The van der Waals surface area contributed by atoms with Gasteiger partial charge >= 0.3 is 0 Å². The first-order chi connectivity index (χ1) is 27.8. The van der Waals surface area contributed by atoms with E-state index in [1.807, 2.05) is 6.07 Å². The summed E-state index contributed by atoms with van der Waals surface area (Å²) in [5.41, 5.74) is 9.79. The van der Waals surface area contributed by atoms with Gasteiger partial charge in [-0.05, 0) is 88.2 Å². The average molecular weight is 711 g/mol. The minimum Gasteiger partial charge on any atom is -0.228 e. The van der Waals surface area contributed by atoms with Gasteiger partial charge in [-0.3, -0.25) is 0 Å². The lowest BCUT2D eigenvalue weighted by molar-refractivity contribution is 1.19. The highest BCUT2D eigenvalue weighted by Crippen LogP contribution is 2.44. The summed E-state index contributed by atoms with van der Waals surface area (Å²) in [6.45, 7) is 0. The largest absolute Gasteiger partial charge is 0.228 e. The van der Waals surface area contributed by atoms with Crippen LogP contribution in [0.15, 0.2) is 206 Å². The predicted octanol–water partition coefficient (Wildman–Crippen LogP) is 14.6. The average Bonchev–Trinajstić information content (AvgIpc) is 3.28. The number of hydrogen-bond acceptors (Lipinski definition) is 2. The third kappa shape index (κ3) is 5.26. The molecule has 1 heterocycles. The minimum absolute atomic E-state index is 0.703. The van der Waals surface area contributed by atoms with Crippen LogP contribution < -0.4 is 0 Å². The topological polar surface area (TPSA) is 25.8 Å². The monoisotopic (exact) mass is 710 g/mol. The van der Waals surface area contributed by atoms with E-state index < -0.39 is 0 Å². The van der Waals surface area contributed by atoms with Crippen LogP contribution in [-0.2, 0) is 0 Å². The first kappa shape index (κ1) is 32.0. The molecule has 0 spiro atoms. The van der Waals surface area contributed by atoms with Gasteiger partial charge in [-0.25, -0.2) is 9.97 Å². The van der Waals surface area contributed by atoms with Gasteiger partial charge in [0.2, 0.25) is 0 Å². The maximum absolute atomic E-state index is 5.32. The molecule has 11 rings (SSSR count). The Morgan fingerprint density at radius 3 is 1.36 bits per heavy atom. The van der Waals surface area contributed by atoms with Gasteiger partial charge < -0.3 is 0 Å². The van der Waals surface area contributed by atoms with E-state index in [1.165, 1.54) is 65.3 Å². The van der Waals surface area contributed by atoms with Gasteiger partial charge in [-0.15, -0.1) is 0 Å². The zero-order valence-electron chi connectivity index (χ0n) is 30.5. The lowest BCUT2D eigenvalue weighted by atomic mass is 9.86. The van der Waals surface area contributed by atoms with Crippen LogP contribution in [0.4, 0.5) is 0 Å². The van der Waals surface area contributed by atoms with Crippen molar-refractivity contribution in [3.63, 3.8) is 0 Å². The van der Waals surface area contributed by atoms with Crippen molar-refractivity contribution in [3.05, 3.63) is 206 Å². The Labute approximate surface area is 325 Å². The lowest BCUT2D eigenvalue weighted by Crippen LogP contribution is -1.97. The van der Waals surface area contributed by atoms with Crippen LogP contribution in [0.3, 0.4) is 0 Å². The third-order valence-corrected chi connectivity index (χ3v) is 11.3. The fourth-order valence-corrected chi connectivity index (χ4v) is 8.68. The first-order valence-electron chi connectivity index (χ1n) is 19.2. The van der Waals surface area contributed by atoms with Crippen LogP contribution in [-0.4, -0.2) is 9.97 Å². The van der Waals surface area contributed by atoms with Crippen LogP contribution in [0.2, 0.25) is 0 Å². The molecular formula is C54H34N2. The molecule has 260 valence electrons. The molecule has 0 fully saturated rings. The number of nitrogens with zero attached hydrogens (tertiary/aromatic N) is 2. The number of rotatable bonds is 5. The van der Waals surface area contributed by atoms with Crippen LogP contribution >= 0.6 is 0 Å². The second kappa shape index (κ2) is 13.2. The summed E-state index contributed by atoms with van der Waals surface area (Å²) in [5.74, 6) is 0.703. The molecule has 2 nitrogen and oxygen atoms in total. The highest BCUT2D eigenvalue weighted by atomic mass is 14.9. The molecule has 0 aliphatic rings. The molecule has 11 aromatic rings. The molecule has 0 aliphatic heterocycles. The van der Waals surface area contributed by atoms with E-state index in [1.54, 1.807) is 0 Å². The molecule has 0 saturated heterocycles.